The molecule has 0 heteroatoms. The van der Waals surface area contributed by atoms with Crippen molar-refractivity contribution >= 4 is 0 Å². The van der Waals surface area contributed by atoms with E-state index in [0.717, 1.165) is 18.8 Å². The maximum Gasteiger partial charge on any atom is 0.00886 e. The Morgan fingerprint density at radius 2 is 1.33 bits per heavy atom. The summed E-state index contributed by atoms with van der Waals surface area (Å²) in [4.78, 5) is 0. The first-order valence-electron chi connectivity index (χ1n) is 8.27. The van der Waals surface area contributed by atoms with Crippen LogP contribution in [0.5, 0.6) is 0 Å². The molecule has 0 N–H and O–H groups in total. The van der Waals surface area contributed by atoms with Crippen LogP contribution in [0, 0.1) is 17.8 Å². The highest BCUT2D eigenvalue weighted by molar-refractivity contribution is 4.97. The van der Waals surface area contributed by atoms with Crippen LogP contribution in [0.25, 0.3) is 0 Å². The number of hydrogen-bond donors (Lipinski definition) is 0. The second-order valence-corrected chi connectivity index (χ2v) is 5.61. The highest BCUT2D eigenvalue weighted by atomic mass is 14.1. The SMILES string of the molecule is CCC#CCCCCCC(C)CCCCCCC. The fourth-order valence-electron chi connectivity index (χ4n) is 2.34. The van der Waals surface area contributed by atoms with E-state index >= 15 is 0 Å². The Bertz CT molecular complexity index is 206. The highest BCUT2D eigenvalue weighted by Gasteiger charge is 2.01. The Morgan fingerprint density at radius 1 is 0.722 bits per heavy atom. The largest absolute Gasteiger partial charge is 0.104 e. The van der Waals surface area contributed by atoms with Gasteiger partial charge in [0.2, 0.25) is 0 Å². The van der Waals surface area contributed by atoms with Crippen LogP contribution >= 0.6 is 0 Å². The quantitative estimate of drug-likeness (QED) is 0.296. The van der Waals surface area contributed by atoms with Gasteiger partial charge in [0.15, 0.2) is 0 Å². The smallest absolute Gasteiger partial charge is 0.00886 e. The average molecular weight is 250 g/mol. The monoisotopic (exact) mass is 250 g/mol. The van der Waals surface area contributed by atoms with Gasteiger partial charge in [-0.3, -0.25) is 0 Å². The summed E-state index contributed by atoms with van der Waals surface area (Å²) in [6.45, 7) is 6.83. The minimum absolute atomic E-state index is 0.938. The Labute approximate surface area is 116 Å². The number of hydrogen-bond acceptors (Lipinski definition) is 0. The number of unbranched alkanes of at least 4 members (excludes halogenated alkanes) is 7. The normalized spacial score (nSPS) is 11.9. The van der Waals surface area contributed by atoms with Crippen molar-refractivity contribution in [1.29, 1.82) is 0 Å². The molecule has 0 aromatic heterocycles. The average Bonchev–Trinajstić information content (AvgIpc) is 2.37. The van der Waals surface area contributed by atoms with Crippen LogP contribution in [0.15, 0.2) is 0 Å². The van der Waals surface area contributed by atoms with Crippen LogP contribution in [0.3, 0.4) is 0 Å². The Morgan fingerprint density at radius 3 is 1.94 bits per heavy atom. The van der Waals surface area contributed by atoms with Crippen LogP contribution in [0.1, 0.15) is 97.8 Å². The predicted octanol–water partition coefficient (Wildman–Crippen LogP) is 6.35. The molecule has 0 radical (unpaired) electrons. The lowest BCUT2D eigenvalue weighted by Crippen LogP contribution is -1.95. The van der Waals surface area contributed by atoms with Crippen molar-refractivity contribution in [3.8, 4) is 11.8 Å². The fourth-order valence-corrected chi connectivity index (χ4v) is 2.34. The molecule has 0 amide bonds. The van der Waals surface area contributed by atoms with Crippen LogP contribution in [-0.4, -0.2) is 0 Å². The van der Waals surface area contributed by atoms with Crippen molar-refractivity contribution < 1.29 is 0 Å². The molecule has 0 bridgehead atoms. The molecule has 0 nitrogen and oxygen atoms in total. The third kappa shape index (κ3) is 13.6. The molecule has 0 fully saturated rings. The molecular weight excluding hydrogens is 216 g/mol. The van der Waals surface area contributed by atoms with Gasteiger partial charge in [0.25, 0.3) is 0 Å². The maximum atomic E-state index is 3.23. The summed E-state index contributed by atoms with van der Waals surface area (Å²) in [5.41, 5.74) is 0. The summed E-state index contributed by atoms with van der Waals surface area (Å²) in [7, 11) is 0. The molecule has 0 saturated heterocycles. The van der Waals surface area contributed by atoms with Gasteiger partial charge in [-0.2, -0.15) is 0 Å². The molecule has 18 heavy (non-hydrogen) atoms. The molecule has 0 aromatic rings. The summed E-state index contributed by atoms with van der Waals surface area (Å²) >= 11 is 0. The van der Waals surface area contributed by atoms with E-state index in [1.54, 1.807) is 0 Å². The molecule has 0 aliphatic carbocycles. The van der Waals surface area contributed by atoms with Gasteiger partial charge in [0.1, 0.15) is 0 Å². The summed E-state index contributed by atoms with van der Waals surface area (Å²) in [5.74, 6) is 7.31. The highest BCUT2D eigenvalue weighted by Crippen LogP contribution is 2.17. The van der Waals surface area contributed by atoms with Gasteiger partial charge in [-0.25, -0.2) is 0 Å². The van der Waals surface area contributed by atoms with Crippen molar-refractivity contribution in [1.82, 2.24) is 0 Å². The van der Waals surface area contributed by atoms with Crippen molar-refractivity contribution in [2.75, 3.05) is 0 Å². The maximum absolute atomic E-state index is 3.23. The third-order valence-electron chi connectivity index (χ3n) is 3.60. The van der Waals surface area contributed by atoms with Gasteiger partial charge < -0.3 is 0 Å². The summed E-state index contributed by atoms with van der Waals surface area (Å²) in [5, 5.41) is 0. The van der Waals surface area contributed by atoms with Crippen LogP contribution in [0.2, 0.25) is 0 Å². The van der Waals surface area contributed by atoms with Crippen LogP contribution in [-0.2, 0) is 0 Å². The molecule has 106 valence electrons. The van der Waals surface area contributed by atoms with Crippen molar-refractivity contribution in [2.45, 2.75) is 97.8 Å². The summed E-state index contributed by atoms with van der Waals surface area (Å²) in [6.07, 6.45) is 16.2. The van der Waals surface area contributed by atoms with Crippen molar-refractivity contribution in [3.63, 3.8) is 0 Å². The molecule has 0 rings (SSSR count). The molecule has 0 aromatic carbocycles. The van der Waals surface area contributed by atoms with E-state index in [4.69, 9.17) is 0 Å². The summed E-state index contributed by atoms with van der Waals surface area (Å²) < 4.78 is 0. The molecule has 0 aliphatic rings. The van der Waals surface area contributed by atoms with Crippen LogP contribution < -0.4 is 0 Å². The Hall–Kier alpha value is -0.440. The second-order valence-electron chi connectivity index (χ2n) is 5.61. The molecule has 0 spiro atoms. The lowest BCUT2D eigenvalue weighted by atomic mass is 9.96. The molecule has 0 saturated carbocycles. The molecular formula is C18H34. The first-order chi connectivity index (χ1) is 8.81. The second kappa shape index (κ2) is 14.6. The van der Waals surface area contributed by atoms with Crippen molar-refractivity contribution in [3.05, 3.63) is 0 Å². The van der Waals surface area contributed by atoms with E-state index in [9.17, 15) is 0 Å². The van der Waals surface area contributed by atoms with Gasteiger partial charge >= 0.3 is 0 Å². The van der Waals surface area contributed by atoms with E-state index in [0.29, 0.717) is 0 Å². The molecule has 0 aliphatic heterocycles. The van der Waals surface area contributed by atoms with E-state index in [1.807, 2.05) is 0 Å². The van der Waals surface area contributed by atoms with E-state index in [2.05, 4.69) is 32.6 Å². The zero-order chi connectivity index (χ0) is 13.5. The third-order valence-corrected chi connectivity index (χ3v) is 3.60. The Balaban J connectivity index is 3.19. The minimum atomic E-state index is 0.938. The van der Waals surface area contributed by atoms with E-state index in [1.165, 1.54) is 64.2 Å². The van der Waals surface area contributed by atoms with Gasteiger partial charge in [-0.15, -0.1) is 11.8 Å². The van der Waals surface area contributed by atoms with Gasteiger partial charge in [0, 0.05) is 12.8 Å². The van der Waals surface area contributed by atoms with Gasteiger partial charge in [-0.1, -0.05) is 78.6 Å². The number of rotatable bonds is 11. The molecule has 1 unspecified atom stereocenters. The topological polar surface area (TPSA) is 0 Å². The molecule has 0 heterocycles. The predicted molar refractivity (Wildman–Crippen MR) is 83.7 cm³/mol. The fraction of sp³-hybridized carbons (Fsp3) is 0.889. The van der Waals surface area contributed by atoms with Crippen molar-refractivity contribution in [2.24, 2.45) is 5.92 Å². The first-order valence-corrected chi connectivity index (χ1v) is 8.27. The van der Waals surface area contributed by atoms with Crippen LogP contribution in [0.4, 0.5) is 0 Å². The van der Waals surface area contributed by atoms with Gasteiger partial charge in [-0.05, 0) is 12.3 Å². The Kier molecular flexibility index (Phi) is 14.3. The molecule has 1 atom stereocenters. The van der Waals surface area contributed by atoms with E-state index < -0.39 is 0 Å². The van der Waals surface area contributed by atoms with Gasteiger partial charge in [0.05, 0.1) is 0 Å². The summed E-state index contributed by atoms with van der Waals surface area (Å²) in [6, 6.07) is 0. The zero-order valence-corrected chi connectivity index (χ0v) is 13.1. The zero-order valence-electron chi connectivity index (χ0n) is 13.1. The standard InChI is InChI=1S/C18H34/c1-4-6-8-10-11-13-15-17-18(3)16-14-12-9-7-5-2/h18H,4-5,7,9-17H2,1-3H3. The minimum Gasteiger partial charge on any atom is -0.104 e. The van der Waals surface area contributed by atoms with E-state index in [-0.39, 0.29) is 0 Å². The first kappa shape index (κ1) is 17.6. The lowest BCUT2D eigenvalue weighted by molar-refractivity contribution is 0.436. The lowest BCUT2D eigenvalue weighted by Gasteiger charge is -2.10.